The van der Waals surface area contributed by atoms with Crippen LogP contribution >= 0.6 is 0 Å². The summed E-state index contributed by atoms with van der Waals surface area (Å²) in [5, 5.41) is 10.8. The minimum absolute atomic E-state index is 0.0531. The predicted octanol–water partition coefficient (Wildman–Crippen LogP) is 2.98. The Balaban J connectivity index is 1.46. The van der Waals surface area contributed by atoms with E-state index in [4.69, 9.17) is 0 Å². The largest absolute Gasteiger partial charge is 0.369 e. The van der Waals surface area contributed by atoms with Crippen LogP contribution in [0.15, 0.2) is 47.4 Å². The van der Waals surface area contributed by atoms with E-state index in [-0.39, 0.29) is 5.69 Å². The molecule has 1 aliphatic carbocycles. The summed E-state index contributed by atoms with van der Waals surface area (Å²) >= 11 is 0. The third-order valence-electron chi connectivity index (χ3n) is 5.62. The molecule has 7 nitrogen and oxygen atoms in total. The van der Waals surface area contributed by atoms with Crippen molar-refractivity contribution in [2.75, 3.05) is 31.1 Å². The summed E-state index contributed by atoms with van der Waals surface area (Å²) in [5.41, 5.74) is 3.36. The molecule has 0 bridgehead atoms. The van der Waals surface area contributed by atoms with E-state index in [2.05, 4.69) is 4.90 Å². The molecule has 0 N–H and O–H groups in total. The number of nitro groups is 1. The SMILES string of the molecule is O=[N+]([O-])c1ccc(N2CCN(S(=O)(=O)c3ccc4c(c3)CCCC4)CC2)cc1. The molecule has 0 atom stereocenters. The Labute approximate surface area is 164 Å². The maximum Gasteiger partial charge on any atom is 0.269 e. The lowest BCUT2D eigenvalue weighted by Gasteiger charge is -2.35. The third-order valence-corrected chi connectivity index (χ3v) is 7.52. The summed E-state index contributed by atoms with van der Waals surface area (Å²) in [6, 6.07) is 11.9. The lowest BCUT2D eigenvalue weighted by molar-refractivity contribution is -0.384. The Morgan fingerprint density at radius 3 is 2.14 bits per heavy atom. The van der Waals surface area contributed by atoms with E-state index in [0.29, 0.717) is 31.1 Å². The predicted molar refractivity (Wildman–Crippen MR) is 107 cm³/mol. The number of nitro benzene ring substituents is 1. The van der Waals surface area contributed by atoms with Crippen LogP contribution in [0.2, 0.25) is 0 Å². The summed E-state index contributed by atoms with van der Waals surface area (Å²) in [6.07, 6.45) is 4.27. The fourth-order valence-corrected chi connectivity index (χ4v) is 5.46. The van der Waals surface area contributed by atoms with Crippen molar-refractivity contribution in [3.05, 3.63) is 63.7 Å². The van der Waals surface area contributed by atoms with Crippen LogP contribution in [0.1, 0.15) is 24.0 Å². The Morgan fingerprint density at radius 2 is 1.50 bits per heavy atom. The van der Waals surface area contributed by atoms with Gasteiger partial charge in [-0.15, -0.1) is 0 Å². The van der Waals surface area contributed by atoms with Gasteiger partial charge in [-0.1, -0.05) is 6.07 Å². The molecule has 0 amide bonds. The first-order valence-corrected chi connectivity index (χ1v) is 11.0. The molecule has 2 aromatic carbocycles. The van der Waals surface area contributed by atoms with Crippen LogP contribution in [0.5, 0.6) is 0 Å². The first kappa shape index (κ1) is 18.9. The highest BCUT2D eigenvalue weighted by molar-refractivity contribution is 7.89. The zero-order valence-electron chi connectivity index (χ0n) is 15.6. The first-order chi connectivity index (χ1) is 13.4. The molecule has 148 valence electrons. The van der Waals surface area contributed by atoms with Gasteiger partial charge < -0.3 is 4.90 Å². The molecule has 4 rings (SSSR count). The number of rotatable bonds is 4. The van der Waals surface area contributed by atoms with E-state index < -0.39 is 14.9 Å². The minimum Gasteiger partial charge on any atom is -0.369 e. The molecule has 0 aromatic heterocycles. The zero-order valence-corrected chi connectivity index (χ0v) is 16.4. The standard InChI is InChI=1S/C20H23N3O4S/c24-23(25)19-8-6-18(7-9-19)21-11-13-22(14-12-21)28(26,27)20-10-5-16-3-1-2-4-17(16)15-20/h5-10,15H,1-4,11-14H2. The van der Waals surface area contributed by atoms with Crippen LogP contribution in [-0.2, 0) is 22.9 Å². The van der Waals surface area contributed by atoms with Gasteiger partial charge in [-0.05, 0) is 61.1 Å². The molecule has 2 aliphatic rings. The number of sulfonamides is 1. The monoisotopic (exact) mass is 401 g/mol. The maximum absolute atomic E-state index is 13.1. The van der Waals surface area contributed by atoms with Crippen molar-refractivity contribution in [2.24, 2.45) is 0 Å². The van der Waals surface area contributed by atoms with Crippen molar-refractivity contribution in [2.45, 2.75) is 30.6 Å². The van der Waals surface area contributed by atoms with Crippen LogP contribution in [0, 0.1) is 10.1 Å². The second kappa shape index (κ2) is 7.52. The van der Waals surface area contributed by atoms with Gasteiger partial charge in [0, 0.05) is 44.0 Å². The lowest BCUT2D eigenvalue weighted by atomic mass is 9.92. The van der Waals surface area contributed by atoms with Crippen LogP contribution in [-0.4, -0.2) is 43.8 Å². The molecule has 1 heterocycles. The molecule has 8 heteroatoms. The number of non-ortho nitro benzene ring substituents is 1. The van der Waals surface area contributed by atoms with Gasteiger partial charge >= 0.3 is 0 Å². The number of piperazine rings is 1. The lowest BCUT2D eigenvalue weighted by Crippen LogP contribution is -2.48. The van der Waals surface area contributed by atoms with Crippen molar-refractivity contribution in [3.63, 3.8) is 0 Å². The summed E-state index contributed by atoms with van der Waals surface area (Å²) in [4.78, 5) is 12.8. The van der Waals surface area contributed by atoms with Gasteiger partial charge in [-0.3, -0.25) is 10.1 Å². The second-order valence-electron chi connectivity index (χ2n) is 7.30. The Morgan fingerprint density at radius 1 is 0.857 bits per heavy atom. The average molecular weight is 401 g/mol. The molecule has 0 radical (unpaired) electrons. The Hall–Kier alpha value is -2.45. The smallest absolute Gasteiger partial charge is 0.269 e. The first-order valence-electron chi connectivity index (χ1n) is 9.56. The van der Waals surface area contributed by atoms with Gasteiger partial charge in [0.25, 0.3) is 5.69 Å². The molecule has 28 heavy (non-hydrogen) atoms. The van der Waals surface area contributed by atoms with Crippen LogP contribution < -0.4 is 4.90 Å². The number of nitrogens with zero attached hydrogens (tertiary/aromatic N) is 3. The van der Waals surface area contributed by atoms with Crippen molar-refractivity contribution < 1.29 is 13.3 Å². The van der Waals surface area contributed by atoms with Crippen molar-refractivity contribution >= 4 is 21.4 Å². The zero-order chi connectivity index (χ0) is 19.7. The molecule has 0 spiro atoms. The summed E-state index contributed by atoms with van der Waals surface area (Å²) in [6.45, 7) is 1.91. The highest BCUT2D eigenvalue weighted by atomic mass is 32.2. The van der Waals surface area contributed by atoms with E-state index >= 15 is 0 Å². The highest BCUT2D eigenvalue weighted by Gasteiger charge is 2.29. The van der Waals surface area contributed by atoms with Gasteiger partial charge in [0.2, 0.25) is 10.0 Å². The van der Waals surface area contributed by atoms with Crippen molar-refractivity contribution in [1.82, 2.24) is 4.31 Å². The van der Waals surface area contributed by atoms with Crippen LogP contribution in [0.3, 0.4) is 0 Å². The van der Waals surface area contributed by atoms with Gasteiger partial charge in [-0.25, -0.2) is 8.42 Å². The average Bonchev–Trinajstić information content (AvgIpc) is 2.73. The minimum atomic E-state index is -3.50. The van der Waals surface area contributed by atoms with Gasteiger partial charge in [0.05, 0.1) is 9.82 Å². The molecule has 1 aliphatic heterocycles. The molecular formula is C20H23N3O4S. The number of aryl methyl sites for hydroxylation is 2. The molecule has 1 fully saturated rings. The van der Waals surface area contributed by atoms with E-state index in [0.717, 1.165) is 30.5 Å². The second-order valence-corrected chi connectivity index (χ2v) is 9.24. The molecule has 0 unspecified atom stereocenters. The van der Waals surface area contributed by atoms with Gasteiger partial charge in [0.1, 0.15) is 0 Å². The normalized spacial score (nSPS) is 17.9. The summed E-state index contributed by atoms with van der Waals surface area (Å²) in [7, 11) is -3.50. The quantitative estimate of drug-likeness (QED) is 0.581. The van der Waals surface area contributed by atoms with E-state index in [1.165, 1.54) is 24.1 Å². The number of hydrogen-bond donors (Lipinski definition) is 0. The van der Waals surface area contributed by atoms with Crippen molar-refractivity contribution in [3.8, 4) is 0 Å². The molecule has 0 saturated carbocycles. The van der Waals surface area contributed by atoms with Crippen LogP contribution in [0.4, 0.5) is 11.4 Å². The number of fused-ring (bicyclic) bond motifs is 1. The number of hydrogen-bond acceptors (Lipinski definition) is 5. The highest BCUT2D eigenvalue weighted by Crippen LogP contribution is 2.27. The van der Waals surface area contributed by atoms with E-state index in [1.807, 2.05) is 12.1 Å². The molecule has 2 aromatic rings. The maximum atomic E-state index is 13.1. The van der Waals surface area contributed by atoms with Gasteiger partial charge in [-0.2, -0.15) is 4.31 Å². The fraction of sp³-hybridized carbons (Fsp3) is 0.400. The number of benzene rings is 2. The summed E-state index contributed by atoms with van der Waals surface area (Å²) in [5.74, 6) is 0. The molecular weight excluding hydrogens is 378 g/mol. The number of anilines is 1. The van der Waals surface area contributed by atoms with Crippen LogP contribution in [0.25, 0.3) is 0 Å². The molecule has 1 saturated heterocycles. The fourth-order valence-electron chi connectivity index (χ4n) is 3.99. The van der Waals surface area contributed by atoms with Gasteiger partial charge in [0.15, 0.2) is 0 Å². The third kappa shape index (κ3) is 3.62. The topological polar surface area (TPSA) is 83.8 Å². The Kier molecular flexibility index (Phi) is 5.07. The Bertz CT molecular complexity index is 981. The van der Waals surface area contributed by atoms with E-state index in [9.17, 15) is 18.5 Å². The van der Waals surface area contributed by atoms with Crippen molar-refractivity contribution in [1.29, 1.82) is 0 Å². The van der Waals surface area contributed by atoms with E-state index in [1.54, 1.807) is 22.5 Å². The summed E-state index contributed by atoms with van der Waals surface area (Å²) < 4.78 is 27.7.